The second kappa shape index (κ2) is 6.98. The first-order chi connectivity index (χ1) is 13.0. The Morgan fingerprint density at radius 2 is 2.04 bits per heavy atom. The molecule has 7 heteroatoms. The van der Waals surface area contributed by atoms with Gasteiger partial charge in [0, 0.05) is 24.5 Å². The molecule has 0 radical (unpaired) electrons. The molecule has 1 fully saturated rings. The van der Waals surface area contributed by atoms with Gasteiger partial charge in [-0.15, -0.1) is 0 Å². The minimum atomic E-state index is -0.0732. The maximum Gasteiger partial charge on any atom is 0.272 e. The molecule has 1 aliphatic heterocycles. The van der Waals surface area contributed by atoms with E-state index in [1.165, 1.54) is 0 Å². The van der Waals surface area contributed by atoms with E-state index in [9.17, 15) is 4.79 Å². The molecule has 0 aliphatic carbocycles. The van der Waals surface area contributed by atoms with Crippen LogP contribution in [0.4, 0.5) is 0 Å². The zero-order valence-electron chi connectivity index (χ0n) is 15.8. The number of nitrogens with zero attached hydrogens (tertiary/aromatic N) is 5. The van der Waals surface area contributed by atoms with Gasteiger partial charge >= 0.3 is 0 Å². The van der Waals surface area contributed by atoms with E-state index in [2.05, 4.69) is 15.0 Å². The van der Waals surface area contributed by atoms with Crippen molar-refractivity contribution in [2.75, 3.05) is 13.1 Å². The number of likely N-dealkylation sites (tertiary alicyclic amines) is 1. The third-order valence-electron chi connectivity index (χ3n) is 4.80. The molecule has 0 N–H and O–H groups in total. The smallest absolute Gasteiger partial charge is 0.272 e. The van der Waals surface area contributed by atoms with Crippen LogP contribution < -0.4 is 4.74 Å². The van der Waals surface area contributed by atoms with Gasteiger partial charge in [-0.3, -0.25) is 9.20 Å². The van der Waals surface area contributed by atoms with Crippen molar-refractivity contribution >= 4 is 11.6 Å². The molecular formula is C20H23N5O2. The maximum atomic E-state index is 13.2. The number of amides is 1. The van der Waals surface area contributed by atoms with E-state index in [1.54, 1.807) is 0 Å². The summed E-state index contributed by atoms with van der Waals surface area (Å²) in [5.41, 5.74) is 3.04. The largest absolute Gasteiger partial charge is 0.472 e. The van der Waals surface area contributed by atoms with Crippen LogP contribution in [0.15, 0.2) is 30.5 Å². The topological polar surface area (TPSA) is 72.6 Å². The summed E-state index contributed by atoms with van der Waals surface area (Å²) in [7, 11) is 0. The zero-order chi connectivity index (χ0) is 19.0. The molecule has 3 aromatic rings. The molecule has 0 aromatic carbocycles. The molecule has 0 saturated carbocycles. The first-order valence-electron chi connectivity index (χ1n) is 9.23. The highest BCUT2D eigenvalue weighted by Crippen LogP contribution is 2.21. The lowest BCUT2D eigenvalue weighted by Crippen LogP contribution is -2.45. The Labute approximate surface area is 158 Å². The van der Waals surface area contributed by atoms with E-state index in [0.29, 0.717) is 23.9 Å². The Morgan fingerprint density at radius 1 is 1.19 bits per heavy atom. The molecule has 1 aliphatic rings. The quantitative estimate of drug-likeness (QED) is 0.714. The lowest BCUT2D eigenvalue weighted by Gasteiger charge is -2.32. The molecule has 4 rings (SSSR count). The van der Waals surface area contributed by atoms with Crippen LogP contribution in [0.25, 0.3) is 5.65 Å². The van der Waals surface area contributed by atoms with E-state index in [4.69, 9.17) is 4.74 Å². The number of imidazole rings is 1. The monoisotopic (exact) mass is 365 g/mol. The van der Waals surface area contributed by atoms with Crippen molar-refractivity contribution in [1.82, 2.24) is 24.3 Å². The van der Waals surface area contributed by atoms with Crippen LogP contribution in [0, 0.1) is 20.8 Å². The molecule has 27 heavy (non-hydrogen) atoms. The molecule has 140 valence electrons. The fraction of sp³-hybridized carbons (Fsp3) is 0.400. The standard InChI is InChI=1S/C20H23N5O2/c1-13-11-18(23-15(3)21-13)27-16-7-6-9-24(12-16)20(26)19-14(2)22-17-8-4-5-10-25(17)19/h4-5,8,10-11,16H,6-7,9,12H2,1-3H3. The van der Waals surface area contributed by atoms with Crippen LogP contribution in [0.5, 0.6) is 5.88 Å². The van der Waals surface area contributed by atoms with Crippen LogP contribution in [0.3, 0.4) is 0 Å². The van der Waals surface area contributed by atoms with Crippen molar-refractivity contribution < 1.29 is 9.53 Å². The van der Waals surface area contributed by atoms with E-state index in [-0.39, 0.29) is 12.0 Å². The van der Waals surface area contributed by atoms with Gasteiger partial charge in [-0.05, 0) is 45.7 Å². The number of aryl methyl sites for hydroxylation is 3. The van der Waals surface area contributed by atoms with Gasteiger partial charge in [-0.25, -0.2) is 9.97 Å². The Kier molecular flexibility index (Phi) is 4.51. The number of carbonyl (C=O) groups is 1. The highest BCUT2D eigenvalue weighted by atomic mass is 16.5. The molecule has 0 bridgehead atoms. The third-order valence-corrected chi connectivity index (χ3v) is 4.80. The molecule has 1 saturated heterocycles. The minimum Gasteiger partial charge on any atom is -0.472 e. The Bertz CT molecular complexity index is 977. The van der Waals surface area contributed by atoms with Gasteiger partial charge in [-0.1, -0.05) is 6.07 Å². The summed E-state index contributed by atoms with van der Waals surface area (Å²) in [5.74, 6) is 1.26. The summed E-state index contributed by atoms with van der Waals surface area (Å²) in [6.07, 6.45) is 3.61. The van der Waals surface area contributed by atoms with E-state index >= 15 is 0 Å². The average Bonchev–Trinajstić information content (AvgIpc) is 2.96. The molecule has 4 heterocycles. The average molecular weight is 365 g/mol. The molecule has 3 aromatic heterocycles. The minimum absolute atomic E-state index is 0.00505. The van der Waals surface area contributed by atoms with Crippen molar-refractivity contribution in [2.24, 2.45) is 0 Å². The summed E-state index contributed by atoms with van der Waals surface area (Å²) >= 11 is 0. The van der Waals surface area contributed by atoms with Gasteiger partial charge in [0.15, 0.2) is 0 Å². The highest BCUT2D eigenvalue weighted by molar-refractivity contribution is 5.94. The summed E-state index contributed by atoms with van der Waals surface area (Å²) in [4.78, 5) is 28.2. The first kappa shape index (κ1) is 17.5. The normalized spacial score (nSPS) is 17.3. The van der Waals surface area contributed by atoms with Crippen LogP contribution >= 0.6 is 0 Å². The summed E-state index contributed by atoms with van der Waals surface area (Å²) in [5, 5.41) is 0. The molecular weight excluding hydrogens is 342 g/mol. The Balaban J connectivity index is 1.54. The van der Waals surface area contributed by atoms with Crippen molar-refractivity contribution in [3.8, 4) is 5.88 Å². The van der Waals surface area contributed by atoms with Gasteiger partial charge in [-0.2, -0.15) is 4.98 Å². The third kappa shape index (κ3) is 3.49. The maximum absolute atomic E-state index is 13.2. The number of fused-ring (bicyclic) bond motifs is 1. The number of pyridine rings is 1. The second-order valence-electron chi connectivity index (χ2n) is 7.00. The molecule has 1 amide bonds. The summed E-state index contributed by atoms with van der Waals surface area (Å²) in [6.45, 7) is 6.92. The number of rotatable bonds is 3. The van der Waals surface area contributed by atoms with Crippen molar-refractivity contribution in [3.05, 3.63) is 53.4 Å². The van der Waals surface area contributed by atoms with Crippen LogP contribution in [-0.2, 0) is 0 Å². The number of ether oxygens (including phenoxy) is 1. The molecule has 1 unspecified atom stereocenters. The van der Waals surface area contributed by atoms with E-state index in [1.807, 2.05) is 60.5 Å². The number of hydrogen-bond donors (Lipinski definition) is 0. The van der Waals surface area contributed by atoms with E-state index in [0.717, 1.165) is 36.4 Å². The molecule has 0 spiro atoms. The second-order valence-corrected chi connectivity index (χ2v) is 7.00. The van der Waals surface area contributed by atoms with Gasteiger partial charge in [0.1, 0.15) is 23.3 Å². The summed E-state index contributed by atoms with van der Waals surface area (Å²) in [6, 6.07) is 7.58. The van der Waals surface area contributed by atoms with Gasteiger partial charge < -0.3 is 9.64 Å². The fourth-order valence-corrected chi connectivity index (χ4v) is 3.65. The lowest BCUT2D eigenvalue weighted by atomic mass is 10.1. The number of carbonyl (C=O) groups excluding carboxylic acids is 1. The number of aromatic nitrogens is 4. The molecule has 1 atom stereocenters. The predicted octanol–water partition coefficient (Wildman–Crippen LogP) is 2.73. The first-order valence-corrected chi connectivity index (χ1v) is 9.23. The van der Waals surface area contributed by atoms with Crippen molar-refractivity contribution in [2.45, 2.75) is 39.7 Å². The van der Waals surface area contributed by atoms with Gasteiger partial charge in [0.2, 0.25) is 5.88 Å². The highest BCUT2D eigenvalue weighted by Gasteiger charge is 2.29. The van der Waals surface area contributed by atoms with Gasteiger partial charge in [0.25, 0.3) is 5.91 Å². The fourth-order valence-electron chi connectivity index (χ4n) is 3.65. The number of piperidine rings is 1. The summed E-state index contributed by atoms with van der Waals surface area (Å²) < 4.78 is 7.93. The van der Waals surface area contributed by atoms with Crippen LogP contribution in [-0.4, -0.2) is 49.4 Å². The number of hydrogen-bond acceptors (Lipinski definition) is 5. The van der Waals surface area contributed by atoms with E-state index < -0.39 is 0 Å². The molecule has 7 nitrogen and oxygen atoms in total. The Hall–Kier alpha value is -2.96. The van der Waals surface area contributed by atoms with Gasteiger partial charge in [0.05, 0.1) is 12.2 Å². The van der Waals surface area contributed by atoms with Crippen LogP contribution in [0.2, 0.25) is 0 Å². The zero-order valence-corrected chi connectivity index (χ0v) is 15.8. The predicted molar refractivity (Wildman–Crippen MR) is 101 cm³/mol. The van der Waals surface area contributed by atoms with Crippen molar-refractivity contribution in [3.63, 3.8) is 0 Å². The lowest BCUT2D eigenvalue weighted by molar-refractivity contribution is 0.0520. The SMILES string of the molecule is Cc1cc(OC2CCCN(C(=O)c3c(C)nc4ccccn34)C2)nc(C)n1. The van der Waals surface area contributed by atoms with Crippen LogP contribution in [0.1, 0.15) is 40.5 Å². The van der Waals surface area contributed by atoms with Crippen molar-refractivity contribution in [1.29, 1.82) is 0 Å². The Morgan fingerprint density at radius 3 is 2.85 bits per heavy atom.